The fraction of sp³-hybridized carbons (Fsp3) is 0.636. The molecule has 0 aromatic heterocycles. The van der Waals surface area contributed by atoms with Crippen molar-refractivity contribution in [1.29, 1.82) is 0 Å². The van der Waals surface area contributed by atoms with Gasteiger partial charge in [-0.2, -0.15) is 0 Å². The van der Waals surface area contributed by atoms with E-state index in [1.165, 1.54) is 12.0 Å². The van der Waals surface area contributed by atoms with E-state index in [0.717, 1.165) is 62.1 Å². The van der Waals surface area contributed by atoms with Crippen molar-refractivity contribution in [3.63, 3.8) is 0 Å². The number of hydrogen-bond acceptors (Lipinski definition) is 5. The van der Waals surface area contributed by atoms with E-state index < -0.39 is 0 Å². The highest BCUT2D eigenvalue weighted by atomic mass is 16.5. The molecule has 0 aliphatic carbocycles. The van der Waals surface area contributed by atoms with Gasteiger partial charge in [0.2, 0.25) is 0 Å². The number of aliphatic hydroxyl groups is 1. The topological polar surface area (TPSA) is 45.2 Å². The molecule has 3 rings (SSSR count). The Labute approximate surface area is 163 Å². The van der Waals surface area contributed by atoms with Crippen LogP contribution in [0.3, 0.4) is 0 Å². The van der Waals surface area contributed by atoms with Gasteiger partial charge in [0.1, 0.15) is 6.61 Å². The van der Waals surface area contributed by atoms with Gasteiger partial charge in [0, 0.05) is 44.4 Å². The van der Waals surface area contributed by atoms with Gasteiger partial charge in [0.05, 0.1) is 7.11 Å². The number of hydrogen-bond donors (Lipinski definition) is 1. The predicted octanol–water partition coefficient (Wildman–Crippen LogP) is 2.89. The fourth-order valence-electron chi connectivity index (χ4n) is 4.01. The molecule has 5 heteroatoms. The zero-order valence-electron chi connectivity index (χ0n) is 17.0. The Balaban J connectivity index is 1.62. The monoisotopic (exact) mass is 374 g/mol. The molecule has 5 nitrogen and oxygen atoms in total. The minimum atomic E-state index is 0.260. The lowest BCUT2D eigenvalue weighted by Crippen LogP contribution is -2.54. The minimum Gasteiger partial charge on any atom is -0.493 e. The van der Waals surface area contributed by atoms with Gasteiger partial charge in [0.15, 0.2) is 11.5 Å². The van der Waals surface area contributed by atoms with Crippen LogP contribution in [0.4, 0.5) is 0 Å². The summed E-state index contributed by atoms with van der Waals surface area (Å²) in [5.41, 5.74) is 2.40. The maximum absolute atomic E-state index is 9.49. The summed E-state index contributed by atoms with van der Waals surface area (Å²) in [7, 11) is 1.68. The van der Waals surface area contributed by atoms with Crippen molar-refractivity contribution in [1.82, 2.24) is 9.80 Å². The van der Waals surface area contributed by atoms with Crippen LogP contribution in [-0.2, 0) is 0 Å². The lowest BCUT2D eigenvalue weighted by atomic mass is 10.0. The number of piperazine rings is 1. The number of methoxy groups -OCH3 is 1. The second-order valence-electron chi connectivity index (χ2n) is 8.09. The van der Waals surface area contributed by atoms with Crippen LogP contribution in [0.2, 0.25) is 0 Å². The second-order valence-corrected chi connectivity index (χ2v) is 8.09. The number of nitrogens with zero attached hydrogens (tertiary/aromatic N) is 2. The lowest BCUT2D eigenvalue weighted by molar-refractivity contribution is 0.0598. The molecule has 1 aromatic carbocycles. The van der Waals surface area contributed by atoms with Crippen LogP contribution in [0.5, 0.6) is 11.5 Å². The largest absolute Gasteiger partial charge is 0.493 e. The third-order valence-corrected chi connectivity index (χ3v) is 5.56. The van der Waals surface area contributed by atoms with E-state index in [1.54, 1.807) is 7.11 Å². The van der Waals surface area contributed by atoms with Crippen LogP contribution in [0.25, 0.3) is 6.08 Å². The highest BCUT2D eigenvalue weighted by molar-refractivity contribution is 5.66. The van der Waals surface area contributed by atoms with Crippen molar-refractivity contribution < 1.29 is 14.6 Å². The first-order valence-corrected chi connectivity index (χ1v) is 10.2. The molecule has 1 atom stereocenters. The molecule has 150 valence electrons. The molecule has 0 bridgehead atoms. The molecule has 0 spiro atoms. The van der Waals surface area contributed by atoms with E-state index in [4.69, 9.17) is 9.47 Å². The molecular formula is C22H34N2O3. The van der Waals surface area contributed by atoms with Crippen molar-refractivity contribution in [2.75, 3.05) is 53.0 Å². The summed E-state index contributed by atoms with van der Waals surface area (Å²) < 4.78 is 11.4. The molecule has 0 saturated carbocycles. The highest BCUT2D eigenvalue weighted by Crippen LogP contribution is 2.35. The third kappa shape index (κ3) is 5.24. The lowest BCUT2D eigenvalue weighted by Gasteiger charge is -2.42. The van der Waals surface area contributed by atoms with E-state index in [9.17, 15) is 5.11 Å². The summed E-state index contributed by atoms with van der Waals surface area (Å²) in [5.74, 6) is 2.37. The first-order chi connectivity index (χ1) is 13.1. The molecule has 2 aliphatic rings. The zero-order chi connectivity index (χ0) is 19.2. The standard InChI is InChI=1S/C22H34N2O3/c1-17(2)7-9-24-11-10-23(15-20(24)8-12-25)14-18-13-19-5-4-6-21(26-3)22(19)27-16-18/h4-6,13,17,20,25H,7-12,14-16H2,1-3H3/t20-/m1/s1. The molecule has 0 unspecified atom stereocenters. The summed E-state index contributed by atoms with van der Waals surface area (Å²) in [6.45, 7) is 10.7. The van der Waals surface area contributed by atoms with Crippen LogP contribution in [0, 0.1) is 5.92 Å². The van der Waals surface area contributed by atoms with Gasteiger partial charge in [-0.3, -0.25) is 9.80 Å². The van der Waals surface area contributed by atoms with Gasteiger partial charge in [-0.15, -0.1) is 0 Å². The van der Waals surface area contributed by atoms with Crippen LogP contribution in [0.15, 0.2) is 23.8 Å². The SMILES string of the molecule is COc1cccc2c1OCC(CN1CCN(CCC(C)C)[C@H](CCO)C1)=C2. The summed E-state index contributed by atoms with van der Waals surface area (Å²) in [6, 6.07) is 6.47. The van der Waals surface area contributed by atoms with Crippen LogP contribution in [0.1, 0.15) is 32.3 Å². The molecule has 1 saturated heterocycles. The Morgan fingerprint density at radius 3 is 2.89 bits per heavy atom. The Morgan fingerprint density at radius 1 is 1.30 bits per heavy atom. The average molecular weight is 375 g/mol. The van der Waals surface area contributed by atoms with E-state index in [-0.39, 0.29) is 6.61 Å². The van der Waals surface area contributed by atoms with Gasteiger partial charge in [-0.25, -0.2) is 0 Å². The zero-order valence-corrected chi connectivity index (χ0v) is 17.0. The molecule has 1 fully saturated rings. The van der Waals surface area contributed by atoms with E-state index in [0.29, 0.717) is 12.6 Å². The van der Waals surface area contributed by atoms with Gasteiger partial charge in [-0.05, 0) is 43.0 Å². The number of para-hydroxylation sites is 1. The highest BCUT2D eigenvalue weighted by Gasteiger charge is 2.27. The van der Waals surface area contributed by atoms with E-state index in [1.807, 2.05) is 12.1 Å². The molecule has 27 heavy (non-hydrogen) atoms. The third-order valence-electron chi connectivity index (χ3n) is 5.56. The van der Waals surface area contributed by atoms with Gasteiger partial charge in [-0.1, -0.05) is 26.0 Å². The predicted molar refractivity (Wildman–Crippen MR) is 109 cm³/mol. The molecule has 1 N–H and O–H groups in total. The average Bonchev–Trinajstić information content (AvgIpc) is 2.67. The van der Waals surface area contributed by atoms with E-state index >= 15 is 0 Å². The Kier molecular flexibility index (Phi) is 7.16. The molecule has 1 aromatic rings. The molecular weight excluding hydrogens is 340 g/mol. The van der Waals surface area contributed by atoms with Crippen LogP contribution >= 0.6 is 0 Å². The molecule has 0 radical (unpaired) electrons. The number of benzene rings is 1. The summed E-state index contributed by atoms with van der Waals surface area (Å²) in [5, 5.41) is 9.49. The van der Waals surface area contributed by atoms with E-state index in [2.05, 4.69) is 35.8 Å². The number of aliphatic hydroxyl groups excluding tert-OH is 1. The summed E-state index contributed by atoms with van der Waals surface area (Å²) in [6.07, 6.45) is 4.32. The van der Waals surface area contributed by atoms with Crippen molar-refractivity contribution in [2.45, 2.75) is 32.7 Å². The Morgan fingerprint density at radius 2 is 2.15 bits per heavy atom. The molecule has 2 aliphatic heterocycles. The van der Waals surface area contributed by atoms with Crippen molar-refractivity contribution in [2.24, 2.45) is 5.92 Å². The normalized spacial score (nSPS) is 20.9. The maximum Gasteiger partial charge on any atom is 0.168 e. The maximum atomic E-state index is 9.49. The summed E-state index contributed by atoms with van der Waals surface area (Å²) in [4.78, 5) is 5.07. The quantitative estimate of drug-likeness (QED) is 0.758. The smallest absolute Gasteiger partial charge is 0.168 e. The van der Waals surface area contributed by atoms with Gasteiger partial charge >= 0.3 is 0 Å². The van der Waals surface area contributed by atoms with Crippen molar-refractivity contribution >= 4 is 6.08 Å². The van der Waals surface area contributed by atoms with Gasteiger partial charge in [0.25, 0.3) is 0 Å². The first kappa shape index (κ1) is 20.2. The molecule has 0 amide bonds. The van der Waals surface area contributed by atoms with Crippen molar-refractivity contribution in [3.05, 3.63) is 29.3 Å². The molecule has 2 heterocycles. The van der Waals surface area contributed by atoms with Gasteiger partial charge < -0.3 is 14.6 Å². The van der Waals surface area contributed by atoms with Crippen molar-refractivity contribution in [3.8, 4) is 11.5 Å². The number of rotatable bonds is 8. The second kappa shape index (κ2) is 9.58. The Hall–Kier alpha value is -1.56. The number of ether oxygens (including phenoxy) is 2. The fourth-order valence-corrected chi connectivity index (χ4v) is 4.01. The summed E-state index contributed by atoms with van der Waals surface area (Å²) >= 11 is 0. The number of fused-ring (bicyclic) bond motifs is 1. The minimum absolute atomic E-state index is 0.260. The van der Waals surface area contributed by atoms with Crippen LogP contribution < -0.4 is 9.47 Å². The van der Waals surface area contributed by atoms with Crippen LogP contribution in [-0.4, -0.2) is 74.0 Å². The first-order valence-electron chi connectivity index (χ1n) is 10.2. The Bertz CT molecular complexity index is 644.